The fourth-order valence-corrected chi connectivity index (χ4v) is 8.94. The number of aromatic hydroxyl groups is 1. The molecule has 4 amide bonds. The molecule has 8 rings (SSSR count). The van der Waals surface area contributed by atoms with Gasteiger partial charge in [0.2, 0.25) is 11.8 Å². The van der Waals surface area contributed by atoms with E-state index in [1.54, 1.807) is 30.3 Å². The lowest BCUT2D eigenvalue weighted by Crippen LogP contribution is -2.53. The summed E-state index contributed by atoms with van der Waals surface area (Å²) in [6.07, 6.45) is 1.85. The van der Waals surface area contributed by atoms with Crippen LogP contribution in [0.1, 0.15) is 29.9 Å². The van der Waals surface area contributed by atoms with Crippen molar-refractivity contribution in [2.75, 3.05) is 10.3 Å². The summed E-state index contributed by atoms with van der Waals surface area (Å²) in [6.45, 7) is 0. The summed E-state index contributed by atoms with van der Waals surface area (Å²) in [4.78, 5) is 59.2. The van der Waals surface area contributed by atoms with Gasteiger partial charge in [-0.15, -0.1) is 0 Å². The summed E-state index contributed by atoms with van der Waals surface area (Å²) < 4.78 is 29.1. The van der Waals surface area contributed by atoms with Gasteiger partial charge in [-0.3, -0.25) is 29.5 Å². The molecule has 52 heavy (non-hydrogen) atoms. The van der Waals surface area contributed by atoms with E-state index >= 15 is 9.18 Å². The molecular weight excluding hydrogens is 695 g/mol. The first-order valence-electron chi connectivity index (χ1n) is 16.6. The van der Waals surface area contributed by atoms with Crippen LogP contribution in [0.2, 0.25) is 5.02 Å². The molecule has 14 heteroatoms. The molecule has 4 aliphatic rings. The first kappa shape index (κ1) is 33.8. The summed E-state index contributed by atoms with van der Waals surface area (Å²) in [7, 11) is -1.84. The van der Waals surface area contributed by atoms with Crippen LogP contribution in [-0.2, 0) is 24.6 Å². The number of anilines is 2. The summed E-state index contributed by atoms with van der Waals surface area (Å²) in [5.41, 5.74) is 2.83. The van der Waals surface area contributed by atoms with Crippen molar-refractivity contribution in [2.45, 2.75) is 24.2 Å². The van der Waals surface area contributed by atoms with E-state index in [4.69, 9.17) is 11.6 Å². The van der Waals surface area contributed by atoms with Crippen LogP contribution in [-0.4, -0.2) is 50.9 Å². The van der Waals surface area contributed by atoms with Gasteiger partial charge in [0.25, 0.3) is 11.8 Å². The number of nitrogens with zero attached hydrogens (tertiary/aromatic N) is 2. The van der Waals surface area contributed by atoms with Crippen molar-refractivity contribution in [1.82, 2.24) is 5.01 Å². The van der Waals surface area contributed by atoms with Crippen LogP contribution in [0.5, 0.6) is 5.75 Å². The third kappa shape index (κ3) is 4.98. The molecule has 2 aliphatic carbocycles. The Morgan fingerprint density at radius 3 is 2.27 bits per heavy atom. The second-order valence-corrected chi connectivity index (χ2v) is 14.0. The fourth-order valence-electron chi connectivity index (χ4n) is 8.81. The van der Waals surface area contributed by atoms with Crippen LogP contribution < -0.4 is 15.8 Å². The average molecular weight is 724 g/mol. The number of nitrogens with one attached hydrogen (secondary N) is 1. The van der Waals surface area contributed by atoms with E-state index in [-0.39, 0.29) is 35.2 Å². The lowest BCUT2D eigenvalue weighted by atomic mass is 9.49. The Balaban J connectivity index is 1.31. The van der Waals surface area contributed by atoms with Crippen molar-refractivity contribution < 1.29 is 43.1 Å². The minimum atomic E-state index is -1.84. The van der Waals surface area contributed by atoms with Crippen molar-refractivity contribution in [3.8, 4) is 5.75 Å². The smallest absolute Gasteiger partial charge is 0.488 e. The summed E-state index contributed by atoms with van der Waals surface area (Å²) in [6, 6.07) is 21.0. The highest BCUT2D eigenvalue weighted by molar-refractivity contribution is 6.58. The Hall–Kier alpha value is -5.37. The average Bonchev–Trinajstić information content (AvgIpc) is 3.51. The van der Waals surface area contributed by atoms with Gasteiger partial charge in [-0.2, -0.15) is 5.01 Å². The highest BCUT2D eigenvalue weighted by Crippen LogP contribution is 2.64. The van der Waals surface area contributed by atoms with E-state index in [9.17, 15) is 33.9 Å². The molecule has 4 aromatic carbocycles. The molecular formula is C38H29BClF2N3O7. The molecule has 2 saturated heterocycles. The Kier molecular flexibility index (Phi) is 8.05. The molecule has 6 unspecified atom stereocenters. The number of phenols is 1. The molecule has 4 aromatic rings. The normalized spacial score (nSPS) is 26.6. The van der Waals surface area contributed by atoms with Gasteiger partial charge in [-0.25, -0.2) is 8.78 Å². The number of halogens is 3. The Bertz CT molecular complexity index is 2200. The van der Waals surface area contributed by atoms with Crippen LogP contribution in [0.4, 0.5) is 20.2 Å². The number of hydrazine groups is 1. The monoisotopic (exact) mass is 723 g/mol. The summed E-state index contributed by atoms with van der Waals surface area (Å²) in [5.74, 6) is -9.25. The number of fused-ring (bicyclic) bond motifs is 4. The molecule has 10 nitrogen and oxygen atoms in total. The second kappa shape index (κ2) is 12.4. The predicted octanol–water partition coefficient (Wildman–Crippen LogP) is 4.19. The quantitative estimate of drug-likeness (QED) is 0.132. The third-order valence-electron chi connectivity index (χ3n) is 11.0. The zero-order valence-electron chi connectivity index (χ0n) is 27.1. The molecule has 3 fully saturated rings. The number of hydrogen-bond donors (Lipinski definition) is 4. The van der Waals surface area contributed by atoms with Gasteiger partial charge < -0.3 is 15.2 Å². The van der Waals surface area contributed by atoms with Gasteiger partial charge in [0, 0.05) is 10.9 Å². The topological polar surface area (TPSA) is 147 Å². The zero-order chi connectivity index (χ0) is 36.6. The molecule has 2 heterocycles. The third-order valence-corrected chi connectivity index (χ3v) is 11.2. The number of rotatable bonds is 6. The van der Waals surface area contributed by atoms with E-state index in [1.807, 2.05) is 0 Å². The van der Waals surface area contributed by atoms with Crippen molar-refractivity contribution >= 4 is 59.2 Å². The van der Waals surface area contributed by atoms with Gasteiger partial charge in [0.05, 0.1) is 34.5 Å². The van der Waals surface area contributed by atoms with Crippen molar-refractivity contribution in [3.05, 3.63) is 130 Å². The predicted molar refractivity (Wildman–Crippen MR) is 186 cm³/mol. The molecule has 4 N–H and O–H groups in total. The minimum absolute atomic E-state index is 0.0406. The van der Waals surface area contributed by atoms with Crippen LogP contribution >= 0.6 is 11.6 Å². The molecule has 262 valence electrons. The second-order valence-electron chi connectivity index (χ2n) is 13.6. The number of phenolic OH excluding ortho intramolecular Hbond substituents is 1. The SMILES string of the molecule is O=C1C2CC3C(=CCC4C(=O)N(c5cccc(B(O)O)c5)C(=O)C43)C(c3ccc(O)c(F)c3)C2(c2ccc(Cl)cc2)C(=O)N1Nc1ccc(F)cc1. The molecule has 2 aliphatic heterocycles. The lowest BCUT2D eigenvalue weighted by Gasteiger charge is -2.50. The van der Waals surface area contributed by atoms with Gasteiger partial charge in [0.15, 0.2) is 11.6 Å². The minimum Gasteiger partial charge on any atom is -0.505 e. The number of allylic oxidation sites excluding steroid dienone is 2. The highest BCUT2D eigenvalue weighted by Gasteiger charge is 2.70. The van der Waals surface area contributed by atoms with Crippen LogP contribution in [0, 0.1) is 35.3 Å². The molecule has 1 saturated carbocycles. The number of carbonyl (C=O) groups excluding carboxylic acids is 4. The van der Waals surface area contributed by atoms with Crippen molar-refractivity contribution in [3.63, 3.8) is 0 Å². The van der Waals surface area contributed by atoms with Crippen LogP contribution in [0.15, 0.2) is 103 Å². The van der Waals surface area contributed by atoms with Crippen molar-refractivity contribution in [1.29, 1.82) is 0 Å². The van der Waals surface area contributed by atoms with Crippen LogP contribution in [0.3, 0.4) is 0 Å². The van der Waals surface area contributed by atoms with Crippen molar-refractivity contribution in [2.24, 2.45) is 23.7 Å². The maximum absolute atomic E-state index is 15.3. The number of benzene rings is 4. The van der Waals surface area contributed by atoms with E-state index < -0.39 is 83.1 Å². The molecule has 0 aromatic heterocycles. The van der Waals surface area contributed by atoms with Gasteiger partial charge in [0.1, 0.15) is 5.82 Å². The van der Waals surface area contributed by atoms with Gasteiger partial charge >= 0.3 is 7.12 Å². The first-order chi connectivity index (χ1) is 24.9. The molecule has 0 bridgehead atoms. The number of amides is 4. The fraction of sp³-hybridized carbons (Fsp3) is 0.211. The largest absolute Gasteiger partial charge is 0.505 e. The van der Waals surface area contributed by atoms with Gasteiger partial charge in [-0.1, -0.05) is 53.6 Å². The van der Waals surface area contributed by atoms with E-state index in [0.717, 1.165) is 22.0 Å². The summed E-state index contributed by atoms with van der Waals surface area (Å²) in [5, 5.41) is 31.0. The Morgan fingerprint density at radius 1 is 0.846 bits per heavy atom. The highest BCUT2D eigenvalue weighted by atomic mass is 35.5. The summed E-state index contributed by atoms with van der Waals surface area (Å²) >= 11 is 6.29. The Morgan fingerprint density at radius 2 is 1.58 bits per heavy atom. The van der Waals surface area contributed by atoms with Crippen LogP contribution in [0.25, 0.3) is 0 Å². The molecule has 0 radical (unpaired) electrons. The van der Waals surface area contributed by atoms with E-state index in [0.29, 0.717) is 16.2 Å². The Labute approximate surface area is 301 Å². The number of imide groups is 2. The first-order valence-corrected chi connectivity index (χ1v) is 17.0. The maximum atomic E-state index is 15.3. The standard InChI is InChI=1S/C38H29BClF2N3O7/c40-22-7-5-20(6-8-22)38-29(35(48)45(37(38)50)43-24-11-9-23(41)10-12-24)18-28-26(33(38)19-4-15-31(46)30(42)16-19)13-14-27-32(28)36(49)44(34(27)47)25-3-1-2-21(17-25)39(51)52/h1-13,15-17,27-29,32-33,43,46,51-52H,14,18H2. The van der Waals surface area contributed by atoms with Gasteiger partial charge in [-0.05, 0) is 96.0 Å². The molecule has 0 spiro atoms. The van der Waals surface area contributed by atoms with E-state index in [2.05, 4.69) is 5.43 Å². The number of hydrogen-bond acceptors (Lipinski definition) is 8. The maximum Gasteiger partial charge on any atom is 0.488 e. The molecule has 6 atom stereocenters. The van der Waals surface area contributed by atoms with E-state index in [1.165, 1.54) is 54.6 Å². The zero-order valence-corrected chi connectivity index (χ0v) is 27.9. The number of carbonyl (C=O) groups is 4. The lowest BCUT2D eigenvalue weighted by molar-refractivity contribution is -0.138.